The van der Waals surface area contributed by atoms with Gasteiger partial charge in [0.05, 0.1) is 19.8 Å². The molecule has 0 rings (SSSR count). The number of carbonyl (C=O) groups excluding carboxylic acids is 1. The predicted octanol–water partition coefficient (Wildman–Crippen LogP) is 14.4. The van der Waals surface area contributed by atoms with Crippen LogP contribution in [0.4, 0.5) is 0 Å². The zero-order valence-electron chi connectivity index (χ0n) is 37.9. The monoisotopic (exact) mass is 856 g/mol. The van der Waals surface area contributed by atoms with Crippen LogP contribution < -0.4 is 5.73 Å². The molecule has 9 heteroatoms. The van der Waals surface area contributed by atoms with Gasteiger partial charge in [0.25, 0.3) is 0 Å². The Labute approximate surface area is 367 Å². The van der Waals surface area contributed by atoms with Crippen molar-refractivity contribution in [3.05, 3.63) is 109 Å². The first-order chi connectivity index (χ1) is 29.4. The van der Waals surface area contributed by atoms with Gasteiger partial charge in [-0.25, -0.2) is 4.57 Å². The van der Waals surface area contributed by atoms with Crippen molar-refractivity contribution >= 4 is 13.8 Å². The molecule has 0 fully saturated rings. The summed E-state index contributed by atoms with van der Waals surface area (Å²) in [7, 11) is -4.30. The normalized spacial score (nSPS) is 14.4. The van der Waals surface area contributed by atoms with Crippen molar-refractivity contribution in [1.29, 1.82) is 0 Å². The van der Waals surface area contributed by atoms with Gasteiger partial charge < -0.3 is 20.1 Å². The van der Waals surface area contributed by atoms with Crippen molar-refractivity contribution in [3.63, 3.8) is 0 Å². The van der Waals surface area contributed by atoms with E-state index in [0.29, 0.717) is 13.0 Å². The standard InChI is InChI=1S/C51H86NO7P/c1-3-5-7-9-11-13-15-17-19-21-23-24-25-27-29-31-33-35-37-39-41-43-46-56-48-50(49-58-60(54,55)57-47-45-52)59-51(53)44-42-40-38-36-34-32-30-28-26-22-20-18-16-14-12-10-8-6-4-2/h5-8,11-14,17-20,23-24,26,28,32,34,50H,3-4,9-10,15-16,21-22,25,27,29-31,33,35-49,52H2,1-2H3,(H,54,55)/b7-5-,8-6-,13-11-,14-12-,19-17-,20-18-,24-23-,28-26-,34-32-. The fraction of sp³-hybridized carbons (Fsp3) is 0.627. The number of rotatable bonds is 43. The summed E-state index contributed by atoms with van der Waals surface area (Å²) in [4.78, 5) is 22.5. The lowest BCUT2D eigenvalue weighted by molar-refractivity contribution is -0.154. The number of esters is 1. The summed E-state index contributed by atoms with van der Waals surface area (Å²) in [5.74, 6) is -0.368. The highest BCUT2D eigenvalue weighted by atomic mass is 31.2. The van der Waals surface area contributed by atoms with Crippen LogP contribution in [0.15, 0.2) is 109 Å². The zero-order valence-corrected chi connectivity index (χ0v) is 38.8. The number of ether oxygens (including phenoxy) is 2. The highest BCUT2D eigenvalue weighted by Gasteiger charge is 2.25. The number of phosphoric acid groups is 1. The molecular formula is C51H86NO7P. The molecule has 0 radical (unpaired) electrons. The molecule has 342 valence electrons. The van der Waals surface area contributed by atoms with Gasteiger partial charge in [-0.05, 0) is 96.3 Å². The third-order valence-corrected chi connectivity index (χ3v) is 10.2. The predicted molar refractivity (Wildman–Crippen MR) is 256 cm³/mol. The molecule has 0 aromatic heterocycles. The molecule has 2 unspecified atom stereocenters. The molecule has 0 aromatic carbocycles. The van der Waals surface area contributed by atoms with Gasteiger partial charge in [-0.15, -0.1) is 0 Å². The van der Waals surface area contributed by atoms with E-state index in [-0.39, 0.29) is 38.8 Å². The Bertz CT molecular complexity index is 1280. The zero-order chi connectivity index (χ0) is 43.7. The van der Waals surface area contributed by atoms with Crippen LogP contribution in [0.1, 0.15) is 168 Å². The molecule has 3 N–H and O–H groups in total. The molecule has 0 amide bonds. The molecule has 0 aliphatic heterocycles. The third-order valence-electron chi connectivity index (χ3n) is 9.19. The molecule has 0 saturated heterocycles. The molecule has 0 bridgehead atoms. The van der Waals surface area contributed by atoms with Gasteiger partial charge in [0.15, 0.2) is 0 Å². The Morgan fingerprint density at radius 3 is 1.32 bits per heavy atom. The summed E-state index contributed by atoms with van der Waals surface area (Å²) in [5.41, 5.74) is 5.38. The number of hydrogen-bond donors (Lipinski definition) is 2. The van der Waals surface area contributed by atoms with E-state index in [9.17, 15) is 14.3 Å². The lowest BCUT2D eigenvalue weighted by Crippen LogP contribution is -2.28. The number of unbranched alkanes of at least 4 members (excludes halogenated alkanes) is 12. The van der Waals surface area contributed by atoms with Crippen molar-refractivity contribution in [2.24, 2.45) is 5.73 Å². The van der Waals surface area contributed by atoms with Crippen molar-refractivity contribution in [1.82, 2.24) is 0 Å². The van der Waals surface area contributed by atoms with Crippen molar-refractivity contribution < 1.29 is 32.8 Å². The second-order valence-electron chi connectivity index (χ2n) is 14.9. The van der Waals surface area contributed by atoms with E-state index >= 15 is 0 Å². The number of carbonyl (C=O) groups is 1. The minimum absolute atomic E-state index is 0.0871. The fourth-order valence-corrected chi connectivity index (χ4v) is 6.60. The van der Waals surface area contributed by atoms with Gasteiger partial charge in [0.1, 0.15) is 6.10 Å². The lowest BCUT2D eigenvalue weighted by Gasteiger charge is -2.20. The highest BCUT2D eigenvalue weighted by Crippen LogP contribution is 2.43. The molecule has 0 spiro atoms. The summed E-state index contributed by atoms with van der Waals surface area (Å²) < 4.78 is 33.5. The summed E-state index contributed by atoms with van der Waals surface area (Å²) in [6, 6.07) is 0. The SMILES string of the molecule is CC/C=C\C/C=C\C/C=C\C/C=C\C/C=C\CCCCCC(=O)OC(COCCCCCCCCCCC/C=C\C/C=C\C/C=C\C/C=C\CC)COP(=O)(O)OCCN. The Morgan fingerprint density at radius 2 is 0.883 bits per heavy atom. The van der Waals surface area contributed by atoms with Gasteiger partial charge in [-0.3, -0.25) is 13.8 Å². The van der Waals surface area contributed by atoms with Crippen LogP contribution in [-0.2, 0) is 27.9 Å². The van der Waals surface area contributed by atoms with Crippen molar-refractivity contribution in [2.45, 2.75) is 174 Å². The van der Waals surface area contributed by atoms with Crippen molar-refractivity contribution in [2.75, 3.05) is 33.0 Å². The van der Waals surface area contributed by atoms with Gasteiger partial charge in [-0.1, -0.05) is 175 Å². The Kier molecular flexibility index (Phi) is 45.0. The maximum atomic E-state index is 12.6. The van der Waals surface area contributed by atoms with E-state index in [4.69, 9.17) is 24.3 Å². The molecule has 0 saturated carbocycles. The van der Waals surface area contributed by atoms with E-state index in [2.05, 4.69) is 123 Å². The van der Waals surface area contributed by atoms with E-state index in [1.165, 1.54) is 44.9 Å². The smallest absolute Gasteiger partial charge is 0.457 e. The maximum Gasteiger partial charge on any atom is 0.472 e. The van der Waals surface area contributed by atoms with E-state index in [1.54, 1.807) is 0 Å². The largest absolute Gasteiger partial charge is 0.472 e. The van der Waals surface area contributed by atoms with Crippen LogP contribution in [0.25, 0.3) is 0 Å². The minimum Gasteiger partial charge on any atom is -0.457 e. The molecule has 2 atom stereocenters. The number of nitrogens with two attached hydrogens (primary N) is 1. The Balaban J connectivity index is 4.09. The molecule has 0 aromatic rings. The Hall–Kier alpha value is -2.84. The molecular weight excluding hydrogens is 770 g/mol. The van der Waals surface area contributed by atoms with Crippen molar-refractivity contribution in [3.8, 4) is 0 Å². The van der Waals surface area contributed by atoms with Crippen LogP contribution in [0, 0.1) is 0 Å². The minimum atomic E-state index is -4.30. The average Bonchev–Trinajstić information content (AvgIpc) is 3.24. The first-order valence-corrected chi connectivity index (χ1v) is 24.9. The summed E-state index contributed by atoms with van der Waals surface area (Å²) >= 11 is 0. The van der Waals surface area contributed by atoms with Crippen LogP contribution in [0.2, 0.25) is 0 Å². The average molecular weight is 856 g/mol. The number of phosphoric ester groups is 1. The number of allylic oxidation sites excluding steroid dienone is 18. The van der Waals surface area contributed by atoms with E-state index in [1.807, 2.05) is 0 Å². The van der Waals surface area contributed by atoms with Gasteiger partial charge in [0.2, 0.25) is 0 Å². The molecule has 0 heterocycles. The first kappa shape index (κ1) is 57.2. The highest BCUT2D eigenvalue weighted by molar-refractivity contribution is 7.47. The quantitative estimate of drug-likeness (QED) is 0.0269. The molecule has 8 nitrogen and oxygen atoms in total. The third kappa shape index (κ3) is 46.2. The number of hydrogen-bond acceptors (Lipinski definition) is 7. The molecule has 0 aliphatic rings. The van der Waals surface area contributed by atoms with E-state index in [0.717, 1.165) is 96.3 Å². The molecule has 0 aliphatic carbocycles. The fourth-order valence-electron chi connectivity index (χ4n) is 5.84. The van der Waals surface area contributed by atoms with Crippen LogP contribution in [-0.4, -0.2) is 49.9 Å². The van der Waals surface area contributed by atoms with E-state index < -0.39 is 13.9 Å². The summed E-state index contributed by atoms with van der Waals surface area (Å²) in [5, 5.41) is 0. The van der Waals surface area contributed by atoms with Crippen LogP contribution in [0.5, 0.6) is 0 Å². The summed E-state index contributed by atoms with van der Waals surface area (Å²) in [6.45, 7) is 4.61. The maximum absolute atomic E-state index is 12.6. The topological polar surface area (TPSA) is 117 Å². The Morgan fingerprint density at radius 1 is 0.500 bits per heavy atom. The molecule has 60 heavy (non-hydrogen) atoms. The second-order valence-corrected chi connectivity index (χ2v) is 16.3. The van der Waals surface area contributed by atoms with Gasteiger partial charge in [-0.2, -0.15) is 0 Å². The van der Waals surface area contributed by atoms with Gasteiger partial charge >= 0.3 is 13.8 Å². The first-order valence-electron chi connectivity index (χ1n) is 23.4. The van der Waals surface area contributed by atoms with Crippen LogP contribution >= 0.6 is 7.82 Å². The van der Waals surface area contributed by atoms with Gasteiger partial charge in [0, 0.05) is 19.6 Å². The summed E-state index contributed by atoms with van der Waals surface area (Å²) in [6.07, 6.45) is 64.0. The lowest BCUT2D eigenvalue weighted by atomic mass is 10.1. The second kappa shape index (κ2) is 47.2. The van der Waals surface area contributed by atoms with Crippen LogP contribution in [0.3, 0.4) is 0 Å².